The van der Waals surface area contributed by atoms with Crippen molar-refractivity contribution < 1.29 is 4.74 Å². The topological polar surface area (TPSA) is 46.2 Å². The molecule has 0 atom stereocenters. The molecule has 0 saturated heterocycles. The van der Waals surface area contributed by atoms with Crippen molar-refractivity contribution in [3.63, 3.8) is 0 Å². The lowest BCUT2D eigenvalue weighted by Crippen LogP contribution is -2.31. The highest BCUT2D eigenvalue weighted by atomic mass is 35.5. The maximum Gasteiger partial charge on any atom is 0.172 e. The molecule has 0 fully saturated rings. The highest BCUT2D eigenvalue weighted by molar-refractivity contribution is 7.80. The van der Waals surface area contributed by atoms with Crippen LogP contribution in [0.15, 0.2) is 6.07 Å². The van der Waals surface area contributed by atoms with Crippen molar-refractivity contribution >= 4 is 46.4 Å². The quantitative estimate of drug-likeness (QED) is 0.660. The van der Waals surface area contributed by atoms with Gasteiger partial charge in [-0.15, -0.1) is 0 Å². The van der Waals surface area contributed by atoms with E-state index in [1.807, 2.05) is 0 Å². The zero-order valence-corrected chi connectivity index (χ0v) is 11.8. The lowest BCUT2D eigenvalue weighted by atomic mass is 10.3. The van der Waals surface area contributed by atoms with Gasteiger partial charge in [-0.1, -0.05) is 23.2 Å². The fraction of sp³-hybridized carbons (Fsp3) is 0.400. The molecule has 0 aromatic carbocycles. The van der Waals surface area contributed by atoms with Crippen molar-refractivity contribution in [3.8, 4) is 0 Å². The number of aromatic nitrogens is 1. The molecule has 0 aliphatic heterocycles. The molecule has 0 bridgehead atoms. The van der Waals surface area contributed by atoms with Gasteiger partial charge in [0.15, 0.2) is 10.9 Å². The molecule has 1 aromatic heterocycles. The van der Waals surface area contributed by atoms with E-state index >= 15 is 0 Å². The van der Waals surface area contributed by atoms with Gasteiger partial charge in [-0.3, -0.25) is 0 Å². The molecule has 0 radical (unpaired) electrons. The Morgan fingerprint density at radius 2 is 2.18 bits per heavy atom. The number of nitrogens with zero attached hydrogens (tertiary/aromatic N) is 1. The van der Waals surface area contributed by atoms with Gasteiger partial charge in [-0.25, -0.2) is 4.98 Å². The van der Waals surface area contributed by atoms with Crippen LogP contribution in [0.25, 0.3) is 0 Å². The number of anilines is 1. The van der Waals surface area contributed by atoms with Crippen LogP contribution in [0.5, 0.6) is 0 Å². The zero-order chi connectivity index (χ0) is 12.8. The van der Waals surface area contributed by atoms with E-state index < -0.39 is 0 Å². The smallest absolute Gasteiger partial charge is 0.172 e. The first-order valence-corrected chi connectivity index (χ1v) is 6.07. The molecular weight excluding hydrogens is 281 g/mol. The van der Waals surface area contributed by atoms with Gasteiger partial charge in [0.2, 0.25) is 0 Å². The van der Waals surface area contributed by atoms with Crippen molar-refractivity contribution in [1.29, 1.82) is 0 Å². The van der Waals surface area contributed by atoms with Gasteiger partial charge in [-0.2, -0.15) is 0 Å². The van der Waals surface area contributed by atoms with Crippen molar-refractivity contribution in [2.45, 2.75) is 6.92 Å². The van der Waals surface area contributed by atoms with Crippen molar-refractivity contribution in [1.82, 2.24) is 10.3 Å². The number of halogens is 2. The van der Waals surface area contributed by atoms with Crippen molar-refractivity contribution in [2.75, 3.05) is 25.6 Å². The van der Waals surface area contributed by atoms with Crippen LogP contribution in [0.2, 0.25) is 10.0 Å². The molecule has 1 aromatic rings. The van der Waals surface area contributed by atoms with Crippen LogP contribution in [-0.2, 0) is 4.74 Å². The average Bonchev–Trinajstić information content (AvgIpc) is 2.26. The molecule has 0 aliphatic carbocycles. The number of rotatable bonds is 4. The number of pyridine rings is 1. The monoisotopic (exact) mass is 293 g/mol. The van der Waals surface area contributed by atoms with Gasteiger partial charge in [0.25, 0.3) is 0 Å². The summed E-state index contributed by atoms with van der Waals surface area (Å²) >= 11 is 16.9. The summed E-state index contributed by atoms with van der Waals surface area (Å²) < 4.78 is 4.89. The third-order valence-electron chi connectivity index (χ3n) is 1.93. The van der Waals surface area contributed by atoms with E-state index in [0.717, 1.165) is 0 Å². The average molecular weight is 294 g/mol. The Bertz CT molecular complexity index is 415. The molecule has 0 aliphatic rings. The van der Waals surface area contributed by atoms with Crippen LogP contribution in [0.1, 0.15) is 5.69 Å². The minimum absolute atomic E-state index is 0.427. The van der Waals surface area contributed by atoms with Gasteiger partial charge < -0.3 is 15.4 Å². The molecule has 2 N–H and O–H groups in total. The maximum absolute atomic E-state index is 5.99. The summed E-state index contributed by atoms with van der Waals surface area (Å²) in [7, 11) is 1.62. The summed E-state index contributed by atoms with van der Waals surface area (Å²) in [6, 6.07) is 1.63. The van der Waals surface area contributed by atoms with Gasteiger partial charge in [0, 0.05) is 13.7 Å². The van der Waals surface area contributed by atoms with E-state index in [1.54, 1.807) is 20.1 Å². The predicted molar refractivity (Wildman–Crippen MR) is 75.1 cm³/mol. The van der Waals surface area contributed by atoms with Gasteiger partial charge >= 0.3 is 0 Å². The second kappa shape index (κ2) is 6.96. The van der Waals surface area contributed by atoms with Gasteiger partial charge in [-0.05, 0) is 25.2 Å². The van der Waals surface area contributed by atoms with Crippen LogP contribution in [0.4, 0.5) is 5.82 Å². The Morgan fingerprint density at radius 3 is 2.82 bits per heavy atom. The first-order chi connectivity index (χ1) is 8.04. The number of hydrogen-bond donors (Lipinski definition) is 2. The molecule has 0 unspecified atom stereocenters. The summed E-state index contributed by atoms with van der Waals surface area (Å²) in [6.45, 7) is 2.99. The maximum atomic E-state index is 5.99. The number of aryl methyl sites for hydroxylation is 1. The van der Waals surface area contributed by atoms with Crippen molar-refractivity contribution in [3.05, 3.63) is 21.8 Å². The second-order valence-electron chi connectivity index (χ2n) is 3.26. The van der Waals surface area contributed by atoms with E-state index in [1.165, 1.54) is 0 Å². The lowest BCUT2D eigenvalue weighted by molar-refractivity contribution is 0.204. The van der Waals surface area contributed by atoms with Crippen molar-refractivity contribution in [2.24, 2.45) is 0 Å². The van der Waals surface area contributed by atoms with Crippen LogP contribution >= 0.6 is 35.4 Å². The van der Waals surface area contributed by atoms with Gasteiger partial charge in [0.05, 0.1) is 22.3 Å². The first-order valence-electron chi connectivity index (χ1n) is 4.91. The molecule has 0 saturated carbocycles. The van der Waals surface area contributed by atoms with E-state index in [0.29, 0.717) is 39.8 Å². The number of nitrogens with one attached hydrogen (secondary N) is 2. The Labute approximate surface area is 116 Å². The fourth-order valence-corrected chi connectivity index (χ4v) is 1.67. The van der Waals surface area contributed by atoms with E-state index in [9.17, 15) is 0 Å². The number of hydrogen-bond acceptors (Lipinski definition) is 3. The Morgan fingerprint density at radius 1 is 1.47 bits per heavy atom. The van der Waals surface area contributed by atoms with Crippen LogP contribution in [-0.4, -0.2) is 30.4 Å². The molecule has 94 valence electrons. The Hall–Kier alpha value is -0.620. The fourth-order valence-electron chi connectivity index (χ4n) is 1.06. The number of ether oxygens (including phenoxy) is 1. The molecule has 0 spiro atoms. The highest BCUT2D eigenvalue weighted by Crippen LogP contribution is 2.25. The summed E-state index contributed by atoms with van der Waals surface area (Å²) in [5, 5.41) is 7.25. The third-order valence-corrected chi connectivity index (χ3v) is 2.85. The largest absolute Gasteiger partial charge is 0.383 e. The normalized spacial score (nSPS) is 10.1. The summed E-state index contributed by atoms with van der Waals surface area (Å²) in [4.78, 5) is 4.21. The second-order valence-corrected chi connectivity index (χ2v) is 4.48. The molecule has 0 amide bonds. The molecule has 17 heavy (non-hydrogen) atoms. The van der Waals surface area contributed by atoms with Crippen LogP contribution < -0.4 is 10.6 Å². The van der Waals surface area contributed by atoms with Crippen LogP contribution in [0.3, 0.4) is 0 Å². The molecule has 1 rings (SSSR count). The van der Waals surface area contributed by atoms with E-state index in [-0.39, 0.29) is 0 Å². The summed E-state index contributed by atoms with van der Waals surface area (Å²) in [5.74, 6) is 0.489. The molecule has 1 heterocycles. The number of thiocarbonyl (C=S) groups is 1. The molecule has 4 nitrogen and oxygen atoms in total. The first kappa shape index (κ1) is 14.4. The third kappa shape index (κ3) is 4.63. The minimum Gasteiger partial charge on any atom is -0.383 e. The standard InChI is InChI=1S/C10H13Cl2N3OS/c1-6-7(11)5-8(12)9(14-6)15-10(17)13-3-4-16-2/h5H,3-4H2,1-2H3,(H2,13,14,15,17). The van der Waals surface area contributed by atoms with E-state index in [4.69, 9.17) is 40.2 Å². The minimum atomic E-state index is 0.427. The highest BCUT2D eigenvalue weighted by Gasteiger charge is 2.07. The Kier molecular flexibility index (Phi) is 5.91. The Balaban J connectivity index is 2.62. The van der Waals surface area contributed by atoms with E-state index in [2.05, 4.69) is 15.6 Å². The SMILES string of the molecule is COCCNC(=S)Nc1nc(C)c(Cl)cc1Cl. The van der Waals surface area contributed by atoms with Gasteiger partial charge in [0.1, 0.15) is 0 Å². The molecular formula is C10H13Cl2N3OS. The zero-order valence-electron chi connectivity index (χ0n) is 9.51. The summed E-state index contributed by atoms with van der Waals surface area (Å²) in [5.41, 5.74) is 0.693. The predicted octanol–water partition coefficient (Wildman–Crippen LogP) is 2.63. The van der Waals surface area contributed by atoms with Crippen LogP contribution in [0, 0.1) is 6.92 Å². The summed E-state index contributed by atoms with van der Waals surface area (Å²) in [6.07, 6.45) is 0. The molecule has 7 heteroatoms. The lowest BCUT2D eigenvalue weighted by Gasteiger charge is -2.11. The number of methoxy groups -OCH3 is 1.